The van der Waals surface area contributed by atoms with E-state index in [1.807, 2.05) is 25.1 Å². The van der Waals surface area contributed by atoms with Gasteiger partial charge in [-0.2, -0.15) is 0 Å². The van der Waals surface area contributed by atoms with Crippen LogP contribution in [0.1, 0.15) is 26.3 Å². The van der Waals surface area contributed by atoms with Crippen molar-refractivity contribution in [2.45, 2.75) is 33.2 Å². The van der Waals surface area contributed by atoms with E-state index in [4.69, 9.17) is 9.47 Å². The Morgan fingerprint density at radius 2 is 1.90 bits per heavy atom. The molecule has 0 heterocycles. The van der Waals surface area contributed by atoms with E-state index >= 15 is 0 Å². The lowest BCUT2D eigenvalue weighted by Crippen LogP contribution is -2.47. The van der Waals surface area contributed by atoms with Crippen LogP contribution in [-0.2, 0) is 9.47 Å². The molecule has 0 aliphatic heterocycles. The standard InChI is InChI=1S/C15H22N2O4/c1-5-20-14(19)17-15(3,4)10-21-13(18)16-12-8-6-7-11(2)9-12/h6-9H,5,10H2,1-4H3,(H,16,18)(H,17,19). The average molecular weight is 294 g/mol. The van der Waals surface area contributed by atoms with Gasteiger partial charge in [0, 0.05) is 5.69 Å². The molecule has 2 amide bonds. The van der Waals surface area contributed by atoms with Gasteiger partial charge in [0.1, 0.15) is 6.61 Å². The molecule has 0 aliphatic carbocycles. The number of benzene rings is 1. The minimum atomic E-state index is -0.712. The maximum atomic E-state index is 11.7. The van der Waals surface area contributed by atoms with E-state index in [9.17, 15) is 9.59 Å². The van der Waals surface area contributed by atoms with Crippen LogP contribution in [0.2, 0.25) is 0 Å². The van der Waals surface area contributed by atoms with Crippen LogP contribution in [0.25, 0.3) is 0 Å². The summed E-state index contributed by atoms with van der Waals surface area (Å²) in [5.74, 6) is 0. The molecule has 0 unspecified atom stereocenters. The molecule has 1 aromatic rings. The first kappa shape index (κ1) is 16.8. The first-order valence-electron chi connectivity index (χ1n) is 6.78. The van der Waals surface area contributed by atoms with Gasteiger partial charge in [0.05, 0.1) is 12.1 Å². The predicted octanol–water partition coefficient (Wildman–Crippen LogP) is 3.07. The number of hydrogen-bond acceptors (Lipinski definition) is 4. The van der Waals surface area contributed by atoms with Crippen LogP contribution in [0.15, 0.2) is 24.3 Å². The van der Waals surface area contributed by atoms with Crippen LogP contribution in [0.3, 0.4) is 0 Å². The summed E-state index contributed by atoms with van der Waals surface area (Å²) >= 11 is 0. The quantitative estimate of drug-likeness (QED) is 0.875. The predicted molar refractivity (Wildman–Crippen MR) is 80.4 cm³/mol. The van der Waals surface area contributed by atoms with Crippen LogP contribution in [0.5, 0.6) is 0 Å². The Bertz CT molecular complexity index is 500. The van der Waals surface area contributed by atoms with E-state index in [-0.39, 0.29) is 13.2 Å². The summed E-state index contributed by atoms with van der Waals surface area (Å²) in [5.41, 5.74) is 0.990. The third-order valence-electron chi connectivity index (χ3n) is 2.54. The molecule has 1 rings (SSSR count). The number of carbonyl (C=O) groups is 2. The van der Waals surface area contributed by atoms with Crippen molar-refractivity contribution in [3.8, 4) is 0 Å². The molecule has 21 heavy (non-hydrogen) atoms. The number of anilines is 1. The molecule has 0 saturated heterocycles. The van der Waals surface area contributed by atoms with E-state index in [1.54, 1.807) is 26.8 Å². The number of carbonyl (C=O) groups excluding carboxylic acids is 2. The van der Waals surface area contributed by atoms with E-state index in [0.29, 0.717) is 5.69 Å². The Labute approximate surface area is 124 Å². The minimum absolute atomic E-state index is 0.0312. The molecule has 0 spiro atoms. The number of hydrogen-bond donors (Lipinski definition) is 2. The summed E-state index contributed by atoms with van der Waals surface area (Å²) in [6.45, 7) is 7.45. The molecule has 6 nitrogen and oxygen atoms in total. The number of ether oxygens (including phenoxy) is 2. The van der Waals surface area contributed by atoms with Crippen molar-refractivity contribution in [3.63, 3.8) is 0 Å². The van der Waals surface area contributed by atoms with Gasteiger partial charge < -0.3 is 14.8 Å². The lowest BCUT2D eigenvalue weighted by Gasteiger charge is -2.25. The number of aryl methyl sites for hydroxylation is 1. The van der Waals surface area contributed by atoms with E-state index in [0.717, 1.165) is 5.56 Å². The molecular weight excluding hydrogens is 272 g/mol. The average Bonchev–Trinajstić information content (AvgIpc) is 2.36. The molecule has 0 atom stereocenters. The van der Waals surface area contributed by atoms with Gasteiger partial charge in [0.25, 0.3) is 0 Å². The van der Waals surface area contributed by atoms with E-state index in [2.05, 4.69) is 10.6 Å². The normalized spacial score (nSPS) is 10.7. The zero-order chi connectivity index (χ0) is 15.9. The fourth-order valence-electron chi connectivity index (χ4n) is 1.60. The van der Waals surface area contributed by atoms with Crippen molar-refractivity contribution >= 4 is 17.9 Å². The second kappa shape index (κ2) is 7.52. The van der Waals surface area contributed by atoms with Crippen LogP contribution in [0.4, 0.5) is 15.3 Å². The van der Waals surface area contributed by atoms with Gasteiger partial charge >= 0.3 is 12.2 Å². The summed E-state index contributed by atoms with van der Waals surface area (Å²) in [7, 11) is 0. The van der Waals surface area contributed by atoms with Gasteiger partial charge in [-0.25, -0.2) is 9.59 Å². The summed E-state index contributed by atoms with van der Waals surface area (Å²) in [4.78, 5) is 23.0. The zero-order valence-electron chi connectivity index (χ0n) is 12.9. The van der Waals surface area contributed by atoms with Gasteiger partial charge in [-0.1, -0.05) is 12.1 Å². The lowest BCUT2D eigenvalue weighted by molar-refractivity contribution is 0.108. The molecule has 0 radical (unpaired) electrons. The molecule has 0 aromatic heterocycles. The van der Waals surface area contributed by atoms with Crippen LogP contribution in [0, 0.1) is 6.92 Å². The Morgan fingerprint density at radius 1 is 1.19 bits per heavy atom. The molecular formula is C15H22N2O4. The van der Waals surface area contributed by atoms with Crippen molar-refractivity contribution in [1.82, 2.24) is 5.32 Å². The smallest absolute Gasteiger partial charge is 0.411 e. The largest absolute Gasteiger partial charge is 0.450 e. The van der Waals surface area contributed by atoms with Crippen LogP contribution < -0.4 is 10.6 Å². The van der Waals surface area contributed by atoms with Crippen LogP contribution in [-0.4, -0.2) is 30.9 Å². The van der Waals surface area contributed by atoms with E-state index < -0.39 is 17.7 Å². The van der Waals surface area contributed by atoms with Gasteiger partial charge in [-0.05, 0) is 45.4 Å². The highest BCUT2D eigenvalue weighted by Gasteiger charge is 2.23. The Balaban J connectivity index is 2.43. The Morgan fingerprint density at radius 3 is 2.52 bits per heavy atom. The molecule has 0 saturated carbocycles. The molecule has 2 N–H and O–H groups in total. The summed E-state index contributed by atoms with van der Waals surface area (Å²) in [5, 5.41) is 5.25. The summed E-state index contributed by atoms with van der Waals surface area (Å²) in [6, 6.07) is 7.39. The van der Waals surface area contributed by atoms with Crippen molar-refractivity contribution in [2.75, 3.05) is 18.5 Å². The molecule has 0 fully saturated rings. The minimum Gasteiger partial charge on any atom is -0.450 e. The SMILES string of the molecule is CCOC(=O)NC(C)(C)COC(=O)Nc1cccc(C)c1. The number of alkyl carbamates (subject to hydrolysis) is 1. The third-order valence-corrected chi connectivity index (χ3v) is 2.54. The van der Waals surface area contributed by atoms with Gasteiger partial charge in [0.15, 0.2) is 0 Å². The molecule has 116 valence electrons. The summed E-state index contributed by atoms with van der Waals surface area (Å²) in [6.07, 6.45) is -1.11. The maximum Gasteiger partial charge on any atom is 0.411 e. The highest BCUT2D eigenvalue weighted by atomic mass is 16.6. The number of rotatable bonds is 5. The zero-order valence-corrected chi connectivity index (χ0v) is 12.9. The highest BCUT2D eigenvalue weighted by Crippen LogP contribution is 2.10. The number of nitrogens with one attached hydrogen (secondary N) is 2. The highest BCUT2D eigenvalue weighted by molar-refractivity contribution is 5.84. The third kappa shape index (κ3) is 6.65. The fourth-order valence-corrected chi connectivity index (χ4v) is 1.60. The van der Waals surface area contributed by atoms with Gasteiger partial charge in [-0.15, -0.1) is 0 Å². The molecule has 0 aliphatic rings. The van der Waals surface area contributed by atoms with E-state index in [1.165, 1.54) is 0 Å². The Kier molecular flexibility index (Phi) is 6.02. The Hall–Kier alpha value is -2.24. The van der Waals surface area contributed by atoms with Crippen LogP contribution >= 0.6 is 0 Å². The molecule has 6 heteroatoms. The first-order valence-corrected chi connectivity index (χ1v) is 6.78. The molecule has 1 aromatic carbocycles. The second-order valence-corrected chi connectivity index (χ2v) is 5.30. The fraction of sp³-hybridized carbons (Fsp3) is 0.467. The second-order valence-electron chi connectivity index (χ2n) is 5.30. The van der Waals surface area contributed by atoms with Gasteiger partial charge in [-0.3, -0.25) is 5.32 Å². The van der Waals surface area contributed by atoms with Gasteiger partial charge in [0.2, 0.25) is 0 Å². The van der Waals surface area contributed by atoms with Crippen molar-refractivity contribution in [3.05, 3.63) is 29.8 Å². The van der Waals surface area contributed by atoms with Crippen molar-refractivity contribution < 1.29 is 19.1 Å². The maximum absolute atomic E-state index is 11.7. The first-order chi connectivity index (χ1) is 9.82. The topological polar surface area (TPSA) is 76.7 Å². The van der Waals surface area contributed by atoms with Crippen molar-refractivity contribution in [1.29, 1.82) is 0 Å². The summed E-state index contributed by atoms with van der Waals surface area (Å²) < 4.78 is 9.90. The molecule has 0 bridgehead atoms. The monoisotopic (exact) mass is 294 g/mol. The lowest BCUT2D eigenvalue weighted by atomic mass is 10.1. The van der Waals surface area contributed by atoms with Crippen molar-refractivity contribution in [2.24, 2.45) is 0 Å². The number of amides is 2.